The van der Waals surface area contributed by atoms with Gasteiger partial charge in [0.15, 0.2) is 5.12 Å². The summed E-state index contributed by atoms with van der Waals surface area (Å²) < 4.78 is 0. The maximum absolute atomic E-state index is 10.5. The fourth-order valence-electron chi connectivity index (χ4n) is 0.498. The van der Waals surface area contributed by atoms with Crippen molar-refractivity contribution in [3.05, 3.63) is 0 Å². The van der Waals surface area contributed by atoms with E-state index in [4.69, 9.17) is 5.11 Å². The van der Waals surface area contributed by atoms with Crippen molar-refractivity contribution < 1.29 is 9.90 Å². The standard InChI is InChI=1S/C6H13NO2S/c1-5(9)10-6(4-8)7(2)3/h6,8H,4H2,1-3H3. The molecule has 1 atom stereocenters. The van der Waals surface area contributed by atoms with Crippen molar-refractivity contribution in [1.82, 2.24) is 4.90 Å². The molecule has 0 aromatic rings. The third-order valence-corrected chi connectivity index (χ3v) is 2.21. The number of nitrogens with zero attached hydrogens (tertiary/aromatic N) is 1. The molecule has 0 fully saturated rings. The summed E-state index contributed by atoms with van der Waals surface area (Å²) in [6.45, 7) is 1.51. The summed E-state index contributed by atoms with van der Waals surface area (Å²) in [6.07, 6.45) is 0. The molecule has 0 aromatic carbocycles. The summed E-state index contributed by atoms with van der Waals surface area (Å²) in [5.41, 5.74) is 0. The minimum absolute atomic E-state index is 0.0112. The first kappa shape index (κ1) is 9.94. The molecule has 0 radical (unpaired) electrons. The third kappa shape index (κ3) is 3.87. The molecule has 10 heavy (non-hydrogen) atoms. The summed E-state index contributed by atoms with van der Waals surface area (Å²) >= 11 is 1.14. The highest BCUT2D eigenvalue weighted by atomic mass is 32.2. The molecule has 0 saturated carbocycles. The van der Waals surface area contributed by atoms with Crippen LogP contribution in [0.1, 0.15) is 6.92 Å². The quantitative estimate of drug-likeness (QED) is 0.601. The molecule has 0 spiro atoms. The lowest BCUT2D eigenvalue weighted by molar-refractivity contribution is -0.109. The molecule has 60 valence electrons. The van der Waals surface area contributed by atoms with Crippen LogP contribution in [0.4, 0.5) is 0 Å². The van der Waals surface area contributed by atoms with Gasteiger partial charge in [-0.2, -0.15) is 0 Å². The Bertz CT molecular complexity index is 116. The molecule has 0 aliphatic carbocycles. The predicted octanol–water partition coefficient (Wildman–Crippen LogP) is 0.146. The summed E-state index contributed by atoms with van der Waals surface area (Å²) in [5.74, 6) is 0. The lowest BCUT2D eigenvalue weighted by atomic mass is 10.6. The number of likely N-dealkylation sites (N-methyl/N-ethyl adjacent to an activating group) is 1. The van der Waals surface area contributed by atoms with E-state index in [-0.39, 0.29) is 17.1 Å². The fraction of sp³-hybridized carbons (Fsp3) is 0.833. The molecule has 0 aromatic heterocycles. The van der Waals surface area contributed by atoms with Crippen LogP contribution in [0.25, 0.3) is 0 Å². The predicted molar refractivity (Wildman–Crippen MR) is 42.8 cm³/mol. The summed E-state index contributed by atoms with van der Waals surface area (Å²) in [7, 11) is 3.66. The lowest BCUT2D eigenvalue weighted by Crippen LogP contribution is -2.28. The summed E-state index contributed by atoms with van der Waals surface area (Å²) in [5, 5.41) is 8.67. The minimum atomic E-state index is -0.0995. The van der Waals surface area contributed by atoms with E-state index in [0.29, 0.717) is 0 Å². The van der Waals surface area contributed by atoms with Gasteiger partial charge in [-0.1, -0.05) is 11.8 Å². The van der Waals surface area contributed by atoms with Crippen LogP contribution in [0.15, 0.2) is 0 Å². The molecular weight excluding hydrogens is 150 g/mol. The van der Waals surface area contributed by atoms with E-state index in [1.807, 2.05) is 19.0 Å². The van der Waals surface area contributed by atoms with Crippen LogP contribution in [0.3, 0.4) is 0 Å². The average Bonchev–Trinajstić information content (AvgIpc) is 1.81. The molecule has 0 bridgehead atoms. The number of hydrogen-bond donors (Lipinski definition) is 1. The number of aliphatic hydroxyl groups is 1. The highest BCUT2D eigenvalue weighted by Gasteiger charge is 2.11. The number of hydrogen-bond acceptors (Lipinski definition) is 4. The molecule has 0 saturated heterocycles. The van der Waals surface area contributed by atoms with E-state index in [1.165, 1.54) is 6.92 Å². The first-order valence-electron chi connectivity index (χ1n) is 3.02. The number of carbonyl (C=O) groups is 1. The van der Waals surface area contributed by atoms with Crippen LogP contribution in [-0.2, 0) is 4.79 Å². The van der Waals surface area contributed by atoms with Crippen LogP contribution in [-0.4, -0.2) is 41.2 Å². The number of rotatable bonds is 3. The van der Waals surface area contributed by atoms with E-state index >= 15 is 0 Å². The van der Waals surface area contributed by atoms with Gasteiger partial charge in [0.05, 0.1) is 12.0 Å². The van der Waals surface area contributed by atoms with E-state index in [1.54, 1.807) is 0 Å². The normalized spacial score (nSPS) is 13.7. The topological polar surface area (TPSA) is 40.5 Å². The molecule has 1 N–H and O–H groups in total. The Hall–Kier alpha value is -0.0600. The minimum Gasteiger partial charge on any atom is -0.394 e. The van der Waals surface area contributed by atoms with Gasteiger partial charge < -0.3 is 5.11 Å². The maximum Gasteiger partial charge on any atom is 0.187 e. The largest absolute Gasteiger partial charge is 0.394 e. The van der Waals surface area contributed by atoms with Crippen LogP contribution in [0, 0.1) is 0 Å². The Morgan fingerprint density at radius 1 is 1.70 bits per heavy atom. The number of aliphatic hydroxyl groups excluding tert-OH is 1. The second-order valence-corrected chi connectivity index (χ2v) is 3.57. The Balaban J connectivity index is 3.71. The van der Waals surface area contributed by atoms with Crippen molar-refractivity contribution in [3.8, 4) is 0 Å². The molecule has 1 unspecified atom stereocenters. The zero-order chi connectivity index (χ0) is 8.15. The van der Waals surface area contributed by atoms with E-state index in [0.717, 1.165) is 11.8 Å². The van der Waals surface area contributed by atoms with E-state index in [2.05, 4.69) is 0 Å². The summed E-state index contributed by atoms with van der Waals surface area (Å²) in [6, 6.07) is 0. The van der Waals surface area contributed by atoms with Crippen LogP contribution < -0.4 is 0 Å². The summed E-state index contributed by atoms with van der Waals surface area (Å²) in [4.78, 5) is 12.4. The molecule has 0 aliphatic heterocycles. The average molecular weight is 163 g/mol. The van der Waals surface area contributed by atoms with Gasteiger partial charge in [0.1, 0.15) is 0 Å². The zero-order valence-electron chi connectivity index (χ0n) is 6.50. The van der Waals surface area contributed by atoms with Crippen LogP contribution >= 0.6 is 11.8 Å². The Morgan fingerprint density at radius 2 is 2.20 bits per heavy atom. The van der Waals surface area contributed by atoms with Gasteiger partial charge in [-0.3, -0.25) is 9.69 Å². The second kappa shape index (κ2) is 4.71. The number of thioether (sulfide) groups is 1. The lowest BCUT2D eigenvalue weighted by Gasteiger charge is -2.19. The maximum atomic E-state index is 10.5. The molecule has 0 amide bonds. The van der Waals surface area contributed by atoms with Crippen molar-refractivity contribution in [3.63, 3.8) is 0 Å². The third-order valence-electron chi connectivity index (χ3n) is 1.03. The van der Waals surface area contributed by atoms with Gasteiger partial charge in [0, 0.05) is 6.92 Å². The Labute approximate surface area is 65.4 Å². The molecular formula is C6H13NO2S. The van der Waals surface area contributed by atoms with Gasteiger partial charge in [-0.05, 0) is 14.1 Å². The molecule has 0 rings (SSSR count). The monoisotopic (exact) mass is 163 g/mol. The number of carbonyl (C=O) groups excluding carboxylic acids is 1. The Morgan fingerprint density at radius 3 is 2.30 bits per heavy atom. The SMILES string of the molecule is CC(=O)SC(CO)N(C)C. The van der Waals surface area contributed by atoms with Crippen molar-refractivity contribution in [2.75, 3.05) is 20.7 Å². The Kier molecular flexibility index (Phi) is 4.68. The zero-order valence-corrected chi connectivity index (χ0v) is 7.31. The molecule has 3 nitrogen and oxygen atoms in total. The van der Waals surface area contributed by atoms with Crippen molar-refractivity contribution >= 4 is 16.9 Å². The van der Waals surface area contributed by atoms with E-state index < -0.39 is 0 Å². The molecule has 0 aliphatic rings. The first-order valence-corrected chi connectivity index (χ1v) is 3.90. The van der Waals surface area contributed by atoms with Crippen molar-refractivity contribution in [1.29, 1.82) is 0 Å². The second-order valence-electron chi connectivity index (χ2n) is 2.21. The van der Waals surface area contributed by atoms with Crippen molar-refractivity contribution in [2.45, 2.75) is 12.3 Å². The van der Waals surface area contributed by atoms with Gasteiger partial charge in [-0.15, -0.1) is 0 Å². The fourth-order valence-corrected chi connectivity index (χ4v) is 1.17. The van der Waals surface area contributed by atoms with Gasteiger partial charge in [0.2, 0.25) is 0 Å². The van der Waals surface area contributed by atoms with Crippen LogP contribution in [0.5, 0.6) is 0 Å². The van der Waals surface area contributed by atoms with E-state index in [9.17, 15) is 4.79 Å². The molecule has 4 heteroatoms. The first-order chi connectivity index (χ1) is 4.57. The highest BCUT2D eigenvalue weighted by Crippen LogP contribution is 2.12. The van der Waals surface area contributed by atoms with Gasteiger partial charge in [-0.25, -0.2) is 0 Å². The van der Waals surface area contributed by atoms with Crippen LogP contribution in [0.2, 0.25) is 0 Å². The highest BCUT2D eigenvalue weighted by molar-refractivity contribution is 8.14. The van der Waals surface area contributed by atoms with Gasteiger partial charge >= 0.3 is 0 Å². The van der Waals surface area contributed by atoms with Gasteiger partial charge in [0.25, 0.3) is 0 Å². The van der Waals surface area contributed by atoms with Crippen molar-refractivity contribution in [2.24, 2.45) is 0 Å². The smallest absolute Gasteiger partial charge is 0.187 e. The molecule has 0 heterocycles.